The smallest absolute Gasteiger partial charge is 0.227 e. The van der Waals surface area contributed by atoms with Crippen LogP contribution in [-0.4, -0.2) is 70.5 Å². The minimum absolute atomic E-state index is 0.0359. The van der Waals surface area contributed by atoms with Gasteiger partial charge < -0.3 is 25.4 Å². The second kappa shape index (κ2) is 7.60. The molecule has 0 spiro atoms. The van der Waals surface area contributed by atoms with Gasteiger partial charge in [-0.05, 0) is 14.1 Å². The number of hydrogen-bond acceptors (Lipinski definition) is 5. The first-order valence-corrected chi connectivity index (χ1v) is 5.94. The van der Waals surface area contributed by atoms with E-state index in [1.807, 2.05) is 19.0 Å². The highest BCUT2D eigenvalue weighted by atomic mass is 16.5. The number of nitrogens with one attached hydrogen (secondary N) is 1. The molecule has 0 bridgehead atoms. The highest BCUT2D eigenvalue weighted by molar-refractivity contribution is 5.79. The number of likely N-dealkylation sites (N-methyl/N-ethyl adjacent to an activating group) is 1. The fraction of sp³-hybridized carbons (Fsp3) is 0.909. The minimum Gasteiger partial charge on any atom is -0.379 e. The van der Waals surface area contributed by atoms with Crippen molar-refractivity contribution in [2.24, 2.45) is 11.7 Å². The van der Waals surface area contributed by atoms with Crippen molar-refractivity contribution in [3.8, 4) is 0 Å². The summed E-state index contributed by atoms with van der Waals surface area (Å²) in [6.45, 7) is 3.51. The van der Waals surface area contributed by atoms with Gasteiger partial charge in [-0.25, -0.2) is 0 Å². The van der Waals surface area contributed by atoms with Crippen LogP contribution in [0, 0.1) is 5.92 Å². The van der Waals surface area contributed by atoms with Gasteiger partial charge >= 0.3 is 0 Å². The second-order valence-corrected chi connectivity index (χ2v) is 4.51. The lowest BCUT2D eigenvalue weighted by molar-refractivity contribution is -0.125. The standard InChI is InChI=1S/C11H23N3O3/c1-14(2)4-6-16-5-3-13-11(15)9-7-17-8-10(9)12/h9-10H,3-8,12H2,1-2H3,(H,13,15). The summed E-state index contributed by atoms with van der Waals surface area (Å²) in [5, 5.41) is 2.81. The third kappa shape index (κ3) is 5.45. The number of amides is 1. The Labute approximate surface area is 102 Å². The van der Waals surface area contributed by atoms with Crippen LogP contribution in [0.25, 0.3) is 0 Å². The lowest BCUT2D eigenvalue weighted by Crippen LogP contribution is -2.42. The van der Waals surface area contributed by atoms with Crippen molar-refractivity contribution in [2.45, 2.75) is 6.04 Å². The molecule has 6 nitrogen and oxygen atoms in total. The predicted octanol–water partition coefficient (Wildman–Crippen LogP) is -1.35. The molecular weight excluding hydrogens is 222 g/mol. The third-order valence-corrected chi connectivity index (χ3v) is 2.69. The molecular formula is C11H23N3O3. The Kier molecular flexibility index (Phi) is 6.43. The number of nitrogens with zero attached hydrogens (tertiary/aromatic N) is 1. The van der Waals surface area contributed by atoms with Crippen LogP contribution in [0.4, 0.5) is 0 Å². The number of rotatable bonds is 7. The van der Waals surface area contributed by atoms with Gasteiger partial charge in [0.1, 0.15) is 0 Å². The normalized spacial score (nSPS) is 24.2. The maximum atomic E-state index is 11.7. The van der Waals surface area contributed by atoms with Crippen molar-refractivity contribution in [3.63, 3.8) is 0 Å². The molecule has 6 heteroatoms. The number of carbonyl (C=O) groups is 1. The van der Waals surface area contributed by atoms with Gasteiger partial charge in [-0.2, -0.15) is 0 Å². The zero-order valence-electron chi connectivity index (χ0n) is 10.6. The number of carbonyl (C=O) groups excluding carboxylic acids is 1. The highest BCUT2D eigenvalue weighted by Gasteiger charge is 2.30. The van der Waals surface area contributed by atoms with Crippen molar-refractivity contribution in [2.75, 3.05) is 53.6 Å². The average molecular weight is 245 g/mol. The van der Waals surface area contributed by atoms with Crippen LogP contribution in [0.15, 0.2) is 0 Å². The lowest BCUT2D eigenvalue weighted by atomic mass is 10.0. The molecule has 1 rings (SSSR count). The predicted molar refractivity (Wildman–Crippen MR) is 64.7 cm³/mol. The van der Waals surface area contributed by atoms with Crippen LogP contribution in [0.2, 0.25) is 0 Å². The van der Waals surface area contributed by atoms with Crippen LogP contribution < -0.4 is 11.1 Å². The molecule has 17 heavy (non-hydrogen) atoms. The first-order chi connectivity index (χ1) is 8.11. The molecule has 0 aromatic heterocycles. The van der Waals surface area contributed by atoms with Crippen molar-refractivity contribution in [1.29, 1.82) is 0 Å². The summed E-state index contributed by atoms with van der Waals surface area (Å²) in [6.07, 6.45) is 0. The van der Waals surface area contributed by atoms with Gasteiger partial charge in [0.15, 0.2) is 0 Å². The zero-order valence-corrected chi connectivity index (χ0v) is 10.6. The first kappa shape index (κ1) is 14.4. The highest BCUT2D eigenvalue weighted by Crippen LogP contribution is 2.10. The van der Waals surface area contributed by atoms with Gasteiger partial charge in [0.25, 0.3) is 0 Å². The van der Waals surface area contributed by atoms with Gasteiger partial charge in [0.05, 0.1) is 32.3 Å². The van der Waals surface area contributed by atoms with E-state index >= 15 is 0 Å². The molecule has 1 fully saturated rings. The van der Waals surface area contributed by atoms with E-state index in [4.69, 9.17) is 15.2 Å². The molecule has 0 saturated carbocycles. The zero-order chi connectivity index (χ0) is 12.7. The monoisotopic (exact) mass is 245 g/mol. The van der Waals surface area contributed by atoms with Gasteiger partial charge in [0, 0.05) is 19.1 Å². The molecule has 0 aromatic carbocycles. The van der Waals surface area contributed by atoms with Crippen molar-refractivity contribution >= 4 is 5.91 Å². The Morgan fingerprint density at radius 1 is 1.47 bits per heavy atom. The summed E-state index contributed by atoms with van der Waals surface area (Å²) < 4.78 is 10.5. The number of ether oxygens (including phenoxy) is 2. The van der Waals surface area contributed by atoms with Gasteiger partial charge in [0.2, 0.25) is 5.91 Å². The topological polar surface area (TPSA) is 76.8 Å². The largest absolute Gasteiger partial charge is 0.379 e. The van der Waals surface area contributed by atoms with E-state index in [1.165, 1.54) is 0 Å². The minimum atomic E-state index is -0.211. The van der Waals surface area contributed by atoms with Crippen LogP contribution >= 0.6 is 0 Å². The molecule has 0 aromatic rings. The van der Waals surface area contributed by atoms with Crippen molar-refractivity contribution in [3.05, 3.63) is 0 Å². The molecule has 1 heterocycles. The van der Waals surface area contributed by atoms with E-state index in [2.05, 4.69) is 5.32 Å². The number of nitrogens with two attached hydrogens (primary N) is 1. The fourth-order valence-electron chi connectivity index (χ4n) is 1.57. The summed E-state index contributed by atoms with van der Waals surface area (Å²) >= 11 is 0. The summed E-state index contributed by atoms with van der Waals surface area (Å²) in [7, 11) is 3.99. The quantitative estimate of drug-likeness (QED) is 0.543. The summed E-state index contributed by atoms with van der Waals surface area (Å²) in [4.78, 5) is 13.7. The SMILES string of the molecule is CN(C)CCOCCNC(=O)C1COCC1N. The van der Waals surface area contributed by atoms with Gasteiger partial charge in [-0.3, -0.25) is 4.79 Å². The first-order valence-electron chi connectivity index (χ1n) is 5.94. The molecule has 100 valence electrons. The summed E-state index contributed by atoms with van der Waals surface area (Å²) in [5.41, 5.74) is 5.74. The molecule has 3 N–H and O–H groups in total. The van der Waals surface area contributed by atoms with Crippen molar-refractivity contribution < 1.29 is 14.3 Å². The van der Waals surface area contributed by atoms with E-state index in [0.717, 1.165) is 6.54 Å². The Bertz CT molecular complexity index is 236. The van der Waals surface area contributed by atoms with E-state index in [0.29, 0.717) is 33.0 Å². The van der Waals surface area contributed by atoms with Gasteiger partial charge in [-0.15, -0.1) is 0 Å². The summed E-state index contributed by atoms with van der Waals surface area (Å²) in [6, 6.07) is -0.176. The maximum Gasteiger partial charge on any atom is 0.227 e. The molecule has 2 unspecified atom stereocenters. The fourth-order valence-corrected chi connectivity index (χ4v) is 1.57. The molecule has 1 aliphatic heterocycles. The Morgan fingerprint density at radius 2 is 2.24 bits per heavy atom. The molecule has 1 aliphatic rings. The molecule has 0 aliphatic carbocycles. The third-order valence-electron chi connectivity index (χ3n) is 2.69. The Morgan fingerprint density at radius 3 is 2.82 bits per heavy atom. The van der Waals surface area contributed by atoms with Crippen LogP contribution in [0.5, 0.6) is 0 Å². The number of hydrogen-bond donors (Lipinski definition) is 2. The molecule has 1 saturated heterocycles. The second-order valence-electron chi connectivity index (χ2n) is 4.51. The van der Waals surface area contributed by atoms with Crippen LogP contribution in [0.1, 0.15) is 0 Å². The molecule has 0 radical (unpaired) electrons. The van der Waals surface area contributed by atoms with E-state index in [1.54, 1.807) is 0 Å². The Hall–Kier alpha value is -0.690. The van der Waals surface area contributed by atoms with Gasteiger partial charge in [-0.1, -0.05) is 0 Å². The maximum absolute atomic E-state index is 11.7. The summed E-state index contributed by atoms with van der Waals surface area (Å²) in [5.74, 6) is -0.247. The molecule has 1 amide bonds. The Balaban J connectivity index is 2.00. The van der Waals surface area contributed by atoms with E-state index < -0.39 is 0 Å². The van der Waals surface area contributed by atoms with E-state index in [9.17, 15) is 4.79 Å². The van der Waals surface area contributed by atoms with Crippen LogP contribution in [0.3, 0.4) is 0 Å². The lowest BCUT2D eigenvalue weighted by Gasteiger charge is -2.14. The van der Waals surface area contributed by atoms with Crippen LogP contribution in [-0.2, 0) is 14.3 Å². The molecule has 2 atom stereocenters. The van der Waals surface area contributed by atoms with Crippen molar-refractivity contribution in [1.82, 2.24) is 10.2 Å². The average Bonchev–Trinajstić information content (AvgIpc) is 2.69. The van der Waals surface area contributed by atoms with E-state index in [-0.39, 0.29) is 17.9 Å².